The van der Waals surface area contributed by atoms with Gasteiger partial charge in [0, 0.05) is 18.2 Å². The van der Waals surface area contributed by atoms with Gasteiger partial charge in [-0.25, -0.2) is 13.2 Å². The SMILES string of the molecule is CCNC(=O)Nc1cccc(CCc2ccc(S(=O)(=O)CC(CC(=O)O)c3ccccc3)cc2)c1. The number of sulfone groups is 1. The zero-order valence-electron chi connectivity index (χ0n) is 19.6. The minimum atomic E-state index is -3.67. The summed E-state index contributed by atoms with van der Waals surface area (Å²) in [6.07, 6.45) is 1.18. The highest BCUT2D eigenvalue weighted by Gasteiger charge is 2.24. The Morgan fingerprint density at radius 1 is 0.886 bits per heavy atom. The van der Waals surface area contributed by atoms with Crippen LogP contribution in [0.5, 0.6) is 0 Å². The van der Waals surface area contributed by atoms with Crippen LogP contribution in [0.1, 0.15) is 36.0 Å². The van der Waals surface area contributed by atoms with Crippen molar-refractivity contribution in [2.75, 3.05) is 17.6 Å². The van der Waals surface area contributed by atoms with E-state index in [0.29, 0.717) is 24.2 Å². The van der Waals surface area contributed by atoms with Gasteiger partial charge in [0.25, 0.3) is 0 Å². The third-order valence-corrected chi connectivity index (χ3v) is 7.45. The predicted octanol–water partition coefficient (Wildman–Crippen LogP) is 4.65. The smallest absolute Gasteiger partial charge is 0.319 e. The summed E-state index contributed by atoms with van der Waals surface area (Å²) in [6.45, 7) is 2.40. The number of carbonyl (C=O) groups excluding carboxylic acids is 1. The molecular weight excluding hydrogens is 464 g/mol. The monoisotopic (exact) mass is 494 g/mol. The van der Waals surface area contributed by atoms with Crippen molar-refractivity contribution in [2.24, 2.45) is 0 Å². The van der Waals surface area contributed by atoms with E-state index in [4.69, 9.17) is 0 Å². The Labute approximate surface area is 206 Å². The summed E-state index contributed by atoms with van der Waals surface area (Å²) in [5, 5.41) is 14.7. The number of rotatable bonds is 11. The number of urea groups is 1. The molecule has 1 unspecified atom stereocenters. The maximum absolute atomic E-state index is 13.0. The fourth-order valence-electron chi connectivity index (χ4n) is 3.86. The molecule has 1 atom stereocenters. The molecule has 0 aliphatic heterocycles. The summed E-state index contributed by atoms with van der Waals surface area (Å²) in [7, 11) is -3.67. The summed E-state index contributed by atoms with van der Waals surface area (Å²) in [5.74, 6) is -1.93. The zero-order valence-corrected chi connectivity index (χ0v) is 20.4. The van der Waals surface area contributed by atoms with Crippen molar-refractivity contribution in [1.29, 1.82) is 0 Å². The van der Waals surface area contributed by atoms with Gasteiger partial charge in [0.2, 0.25) is 0 Å². The first-order chi connectivity index (χ1) is 16.8. The van der Waals surface area contributed by atoms with Gasteiger partial charge in [-0.05, 0) is 60.7 Å². The molecule has 3 aromatic carbocycles. The largest absolute Gasteiger partial charge is 0.481 e. The number of aliphatic carboxylic acids is 1. The Kier molecular flexibility index (Phi) is 9.03. The van der Waals surface area contributed by atoms with E-state index >= 15 is 0 Å². The maximum Gasteiger partial charge on any atom is 0.319 e. The molecule has 0 saturated carbocycles. The van der Waals surface area contributed by atoms with Crippen molar-refractivity contribution in [3.8, 4) is 0 Å². The van der Waals surface area contributed by atoms with Gasteiger partial charge in [-0.15, -0.1) is 0 Å². The minimum absolute atomic E-state index is 0.181. The predicted molar refractivity (Wildman–Crippen MR) is 136 cm³/mol. The van der Waals surface area contributed by atoms with Crippen LogP contribution in [0.2, 0.25) is 0 Å². The van der Waals surface area contributed by atoms with Gasteiger partial charge in [0.15, 0.2) is 9.84 Å². The summed E-state index contributed by atoms with van der Waals surface area (Å²) in [6, 6.07) is 23.0. The first kappa shape index (κ1) is 26.0. The van der Waals surface area contributed by atoms with Crippen LogP contribution in [-0.2, 0) is 27.5 Å². The van der Waals surface area contributed by atoms with Crippen LogP contribution >= 0.6 is 0 Å². The fraction of sp³-hybridized carbons (Fsp3) is 0.259. The molecule has 0 radical (unpaired) electrons. The molecule has 2 amide bonds. The van der Waals surface area contributed by atoms with Crippen LogP contribution in [0.3, 0.4) is 0 Å². The number of hydrogen-bond donors (Lipinski definition) is 3. The highest BCUT2D eigenvalue weighted by molar-refractivity contribution is 7.91. The lowest BCUT2D eigenvalue weighted by molar-refractivity contribution is -0.137. The molecule has 0 spiro atoms. The number of carboxylic acids is 1. The molecule has 7 nitrogen and oxygen atoms in total. The van der Waals surface area contributed by atoms with Crippen LogP contribution < -0.4 is 10.6 Å². The van der Waals surface area contributed by atoms with E-state index in [1.54, 1.807) is 48.5 Å². The van der Waals surface area contributed by atoms with E-state index in [9.17, 15) is 23.1 Å². The number of nitrogens with one attached hydrogen (secondary N) is 2. The molecule has 3 aromatic rings. The highest BCUT2D eigenvalue weighted by atomic mass is 32.2. The van der Waals surface area contributed by atoms with Crippen LogP contribution in [0.4, 0.5) is 10.5 Å². The molecule has 184 valence electrons. The van der Waals surface area contributed by atoms with E-state index in [1.807, 2.05) is 37.3 Å². The van der Waals surface area contributed by atoms with Crippen molar-refractivity contribution in [3.05, 3.63) is 95.6 Å². The molecule has 0 aromatic heterocycles. The zero-order chi connectivity index (χ0) is 25.3. The topological polar surface area (TPSA) is 113 Å². The minimum Gasteiger partial charge on any atom is -0.481 e. The van der Waals surface area contributed by atoms with E-state index in [1.165, 1.54) is 0 Å². The first-order valence-corrected chi connectivity index (χ1v) is 13.1. The fourth-order valence-corrected chi connectivity index (χ4v) is 5.45. The second-order valence-electron chi connectivity index (χ2n) is 8.32. The lowest BCUT2D eigenvalue weighted by atomic mass is 9.98. The van der Waals surface area contributed by atoms with Gasteiger partial charge in [-0.2, -0.15) is 0 Å². The van der Waals surface area contributed by atoms with Gasteiger partial charge in [0.05, 0.1) is 17.1 Å². The van der Waals surface area contributed by atoms with Crippen LogP contribution in [0, 0.1) is 0 Å². The summed E-state index contributed by atoms with van der Waals surface area (Å²) < 4.78 is 26.1. The van der Waals surface area contributed by atoms with Crippen molar-refractivity contribution in [3.63, 3.8) is 0 Å². The molecule has 0 aliphatic rings. The van der Waals surface area contributed by atoms with E-state index in [0.717, 1.165) is 17.5 Å². The summed E-state index contributed by atoms with van der Waals surface area (Å²) >= 11 is 0. The van der Waals surface area contributed by atoms with Gasteiger partial charge in [0.1, 0.15) is 0 Å². The summed E-state index contributed by atoms with van der Waals surface area (Å²) in [5.41, 5.74) is 3.44. The Bertz CT molecular complexity index is 1240. The van der Waals surface area contributed by atoms with Crippen molar-refractivity contribution in [1.82, 2.24) is 5.32 Å². The van der Waals surface area contributed by atoms with Crippen LogP contribution in [-0.4, -0.2) is 37.8 Å². The molecule has 0 fully saturated rings. The average Bonchev–Trinajstić information content (AvgIpc) is 2.83. The third-order valence-electron chi connectivity index (χ3n) is 5.62. The number of amides is 2. The number of benzene rings is 3. The Balaban J connectivity index is 1.65. The molecule has 0 bridgehead atoms. The van der Waals surface area contributed by atoms with Gasteiger partial charge < -0.3 is 15.7 Å². The molecule has 35 heavy (non-hydrogen) atoms. The van der Waals surface area contributed by atoms with Gasteiger partial charge in [-0.1, -0.05) is 54.6 Å². The van der Waals surface area contributed by atoms with E-state index < -0.39 is 21.7 Å². The second-order valence-corrected chi connectivity index (χ2v) is 10.3. The standard InChI is InChI=1S/C27H30N2O5S/c1-2-28-27(32)29-24-10-6-7-21(17-24)12-11-20-13-15-25(16-14-20)35(33,34)19-23(18-26(30)31)22-8-4-3-5-9-22/h3-10,13-17,23H,2,11-12,18-19H2,1H3,(H,30,31)(H2,28,29,32). The highest BCUT2D eigenvalue weighted by Crippen LogP contribution is 2.25. The Hall–Kier alpha value is -3.65. The molecule has 0 heterocycles. The number of aryl methyl sites for hydroxylation is 2. The Morgan fingerprint density at radius 2 is 1.57 bits per heavy atom. The number of anilines is 1. The van der Waals surface area contributed by atoms with Gasteiger partial charge >= 0.3 is 12.0 Å². The van der Waals surface area contributed by atoms with Crippen LogP contribution in [0.25, 0.3) is 0 Å². The molecular formula is C27H30N2O5S. The van der Waals surface area contributed by atoms with Crippen molar-refractivity contribution in [2.45, 2.75) is 37.0 Å². The van der Waals surface area contributed by atoms with E-state index in [2.05, 4.69) is 10.6 Å². The second kappa shape index (κ2) is 12.2. The molecule has 0 aliphatic carbocycles. The van der Waals surface area contributed by atoms with E-state index in [-0.39, 0.29) is 23.1 Å². The molecule has 8 heteroatoms. The lowest BCUT2D eigenvalue weighted by Crippen LogP contribution is -2.28. The number of hydrogen-bond acceptors (Lipinski definition) is 4. The molecule has 3 N–H and O–H groups in total. The van der Waals surface area contributed by atoms with Gasteiger partial charge in [-0.3, -0.25) is 4.79 Å². The number of carboxylic acid groups (broad SMARTS) is 1. The third kappa shape index (κ3) is 7.96. The first-order valence-electron chi connectivity index (χ1n) is 11.5. The molecule has 0 saturated heterocycles. The average molecular weight is 495 g/mol. The lowest BCUT2D eigenvalue weighted by Gasteiger charge is -2.16. The normalized spacial score (nSPS) is 12.0. The van der Waals surface area contributed by atoms with Crippen LogP contribution in [0.15, 0.2) is 83.8 Å². The quantitative estimate of drug-likeness (QED) is 0.359. The number of carbonyl (C=O) groups is 2. The molecule has 3 rings (SSSR count). The van der Waals surface area contributed by atoms with Crippen molar-refractivity contribution < 1.29 is 23.1 Å². The summed E-state index contributed by atoms with van der Waals surface area (Å²) in [4.78, 5) is 23.2. The maximum atomic E-state index is 13.0. The Morgan fingerprint density at radius 3 is 2.23 bits per heavy atom. The van der Waals surface area contributed by atoms with Crippen molar-refractivity contribution >= 4 is 27.5 Å².